The molecule has 0 radical (unpaired) electrons. The Morgan fingerprint density at radius 2 is 1.12 bits per heavy atom. The highest BCUT2D eigenvalue weighted by Gasteiger charge is 2.36. The molecule has 0 N–H and O–H groups in total. The third-order valence-corrected chi connectivity index (χ3v) is 6.73. The second-order valence-electron chi connectivity index (χ2n) is 10.3. The maximum Gasteiger partial charge on any atom is 0.0419 e. The molecule has 0 spiro atoms. The van der Waals surface area contributed by atoms with Gasteiger partial charge in [0.05, 0.1) is 0 Å². The minimum atomic E-state index is -0.0574. The van der Waals surface area contributed by atoms with E-state index in [9.17, 15) is 0 Å². The van der Waals surface area contributed by atoms with E-state index in [1.165, 1.54) is 44.8 Å². The number of fused-ring (bicyclic) bond motifs is 3. The minimum absolute atomic E-state index is 0.00264. The zero-order valence-electron chi connectivity index (χ0n) is 19.7. The number of anilines is 2. The van der Waals surface area contributed by atoms with Crippen LogP contribution in [-0.2, 0) is 5.41 Å². The molecular weight excluding hydrogens is 386 g/mol. The van der Waals surface area contributed by atoms with Crippen LogP contribution in [0.15, 0.2) is 97.1 Å². The van der Waals surface area contributed by atoms with Crippen LogP contribution in [0.4, 0.5) is 11.4 Å². The molecule has 0 heterocycles. The fourth-order valence-electron chi connectivity index (χ4n) is 5.19. The first-order valence-electron chi connectivity index (χ1n) is 11.5. The molecule has 1 aliphatic carbocycles. The predicted molar refractivity (Wildman–Crippen MR) is 138 cm³/mol. The van der Waals surface area contributed by atoms with Crippen LogP contribution in [0, 0.1) is 0 Å². The van der Waals surface area contributed by atoms with Gasteiger partial charge in [0.2, 0.25) is 0 Å². The summed E-state index contributed by atoms with van der Waals surface area (Å²) in [6, 6.07) is 35.4. The van der Waals surface area contributed by atoms with Gasteiger partial charge in [0.25, 0.3) is 0 Å². The van der Waals surface area contributed by atoms with Gasteiger partial charge in [0, 0.05) is 22.3 Å². The zero-order valence-corrected chi connectivity index (χ0v) is 19.7. The second-order valence-corrected chi connectivity index (χ2v) is 10.3. The van der Waals surface area contributed by atoms with Crippen LogP contribution in [0.25, 0.3) is 22.3 Å². The third-order valence-electron chi connectivity index (χ3n) is 6.73. The van der Waals surface area contributed by atoms with Crippen LogP contribution in [0.3, 0.4) is 0 Å². The van der Waals surface area contributed by atoms with Crippen molar-refractivity contribution in [3.63, 3.8) is 0 Å². The van der Waals surface area contributed by atoms with Crippen LogP contribution >= 0.6 is 0 Å². The Balaban J connectivity index is 1.58. The first kappa shape index (κ1) is 20.6. The lowest BCUT2D eigenvalue weighted by Crippen LogP contribution is -2.37. The Morgan fingerprint density at radius 3 is 1.81 bits per heavy atom. The van der Waals surface area contributed by atoms with Crippen LogP contribution in [0.5, 0.6) is 0 Å². The zero-order chi connectivity index (χ0) is 22.5. The maximum atomic E-state index is 2.46. The Labute approximate surface area is 192 Å². The molecule has 1 nitrogen and oxygen atoms in total. The van der Waals surface area contributed by atoms with E-state index < -0.39 is 0 Å². The van der Waals surface area contributed by atoms with Gasteiger partial charge in [-0.25, -0.2) is 0 Å². The first-order chi connectivity index (χ1) is 15.3. The van der Waals surface area contributed by atoms with E-state index in [4.69, 9.17) is 0 Å². The Morgan fingerprint density at radius 1 is 0.562 bits per heavy atom. The Bertz CT molecular complexity index is 1260. The molecule has 0 amide bonds. The molecule has 4 aromatic carbocycles. The van der Waals surface area contributed by atoms with Crippen molar-refractivity contribution >= 4 is 11.4 Å². The summed E-state index contributed by atoms with van der Waals surface area (Å²) in [7, 11) is 0. The third kappa shape index (κ3) is 3.33. The minimum Gasteiger partial charge on any atom is -0.336 e. The van der Waals surface area contributed by atoms with E-state index in [0.717, 1.165) is 0 Å². The molecule has 160 valence electrons. The molecule has 0 aliphatic heterocycles. The molecule has 0 bridgehead atoms. The van der Waals surface area contributed by atoms with E-state index in [1.54, 1.807) is 0 Å². The molecule has 5 rings (SSSR count). The fraction of sp³-hybridized carbons (Fsp3) is 0.226. The molecule has 0 atom stereocenters. The van der Waals surface area contributed by atoms with Crippen molar-refractivity contribution in [3.05, 3.63) is 108 Å². The Hall–Kier alpha value is -3.32. The molecule has 4 aromatic rings. The van der Waals surface area contributed by atoms with E-state index in [2.05, 4.69) is 137 Å². The quantitative estimate of drug-likeness (QED) is 0.322. The van der Waals surface area contributed by atoms with E-state index in [-0.39, 0.29) is 11.0 Å². The monoisotopic (exact) mass is 417 g/mol. The summed E-state index contributed by atoms with van der Waals surface area (Å²) in [6.07, 6.45) is 0. The van der Waals surface area contributed by atoms with Crippen LogP contribution in [-0.4, -0.2) is 5.54 Å². The van der Waals surface area contributed by atoms with Gasteiger partial charge >= 0.3 is 0 Å². The van der Waals surface area contributed by atoms with Gasteiger partial charge in [-0.3, -0.25) is 0 Å². The molecule has 0 unspecified atom stereocenters. The number of hydrogen-bond donors (Lipinski definition) is 0. The smallest absolute Gasteiger partial charge is 0.0419 e. The molecular formula is C31H31N. The van der Waals surface area contributed by atoms with Crippen molar-refractivity contribution in [1.82, 2.24) is 0 Å². The average molecular weight is 418 g/mol. The van der Waals surface area contributed by atoms with E-state index in [0.29, 0.717) is 0 Å². The summed E-state index contributed by atoms with van der Waals surface area (Å²) in [5, 5.41) is 0. The molecule has 0 saturated heterocycles. The normalized spacial score (nSPS) is 14.0. The molecule has 0 aromatic heterocycles. The fourth-order valence-corrected chi connectivity index (χ4v) is 5.19. The topological polar surface area (TPSA) is 3.24 Å². The number of nitrogens with zero attached hydrogens (tertiary/aromatic N) is 1. The predicted octanol–water partition coefficient (Wildman–Crippen LogP) is 8.60. The summed E-state index contributed by atoms with van der Waals surface area (Å²) in [5.41, 5.74) is 10.5. The maximum absolute atomic E-state index is 2.46. The summed E-state index contributed by atoms with van der Waals surface area (Å²) >= 11 is 0. The average Bonchev–Trinajstić information content (AvgIpc) is 3.01. The molecule has 0 fully saturated rings. The van der Waals surface area contributed by atoms with Crippen molar-refractivity contribution in [2.75, 3.05) is 4.90 Å². The van der Waals surface area contributed by atoms with Gasteiger partial charge in [-0.2, -0.15) is 0 Å². The highest BCUT2D eigenvalue weighted by Crippen LogP contribution is 2.50. The molecule has 32 heavy (non-hydrogen) atoms. The molecule has 1 heteroatoms. The van der Waals surface area contributed by atoms with Gasteiger partial charge in [0.15, 0.2) is 0 Å². The van der Waals surface area contributed by atoms with Crippen molar-refractivity contribution in [2.24, 2.45) is 0 Å². The van der Waals surface area contributed by atoms with Gasteiger partial charge in [0.1, 0.15) is 0 Å². The van der Waals surface area contributed by atoms with Crippen molar-refractivity contribution in [2.45, 2.75) is 45.6 Å². The summed E-state index contributed by atoms with van der Waals surface area (Å²) in [5.74, 6) is 0. The largest absolute Gasteiger partial charge is 0.336 e. The van der Waals surface area contributed by atoms with Gasteiger partial charge in [-0.05, 0) is 78.4 Å². The molecule has 1 aliphatic rings. The van der Waals surface area contributed by atoms with Gasteiger partial charge < -0.3 is 4.90 Å². The lowest BCUT2D eigenvalue weighted by atomic mass is 9.82. The van der Waals surface area contributed by atoms with E-state index >= 15 is 0 Å². The summed E-state index contributed by atoms with van der Waals surface area (Å²) in [4.78, 5) is 2.46. The summed E-state index contributed by atoms with van der Waals surface area (Å²) < 4.78 is 0. The molecule has 0 saturated carbocycles. The van der Waals surface area contributed by atoms with Crippen molar-refractivity contribution < 1.29 is 0 Å². The standard InChI is InChI=1S/C31H31N/c1-30(2,3)32(24-17-15-23(16-18-24)22-11-7-6-8-12-22)25-19-20-27-26-13-9-10-14-28(26)31(4,5)29(27)21-25/h6-21H,1-5H3. The SMILES string of the molecule is CC1(C)c2ccccc2-c2ccc(N(c3ccc(-c4ccccc4)cc3)C(C)(C)C)cc21. The van der Waals surface area contributed by atoms with E-state index in [1.807, 2.05) is 0 Å². The highest BCUT2D eigenvalue weighted by molar-refractivity contribution is 5.83. The van der Waals surface area contributed by atoms with Crippen LogP contribution < -0.4 is 4.90 Å². The van der Waals surface area contributed by atoms with Crippen molar-refractivity contribution in [3.8, 4) is 22.3 Å². The van der Waals surface area contributed by atoms with Crippen molar-refractivity contribution in [1.29, 1.82) is 0 Å². The highest BCUT2D eigenvalue weighted by atomic mass is 15.2. The van der Waals surface area contributed by atoms with Gasteiger partial charge in [-0.1, -0.05) is 86.6 Å². The summed E-state index contributed by atoms with van der Waals surface area (Å²) in [6.45, 7) is 11.5. The number of benzene rings is 4. The Kier molecular flexibility index (Phi) is 4.74. The lowest BCUT2D eigenvalue weighted by molar-refractivity contribution is 0.559. The lowest BCUT2D eigenvalue weighted by Gasteiger charge is -2.38. The number of rotatable bonds is 3. The van der Waals surface area contributed by atoms with Gasteiger partial charge in [-0.15, -0.1) is 0 Å². The second kappa shape index (κ2) is 7.38. The van der Waals surface area contributed by atoms with Crippen LogP contribution in [0.2, 0.25) is 0 Å². The number of hydrogen-bond acceptors (Lipinski definition) is 1. The first-order valence-corrected chi connectivity index (χ1v) is 11.5. The van der Waals surface area contributed by atoms with Crippen LogP contribution in [0.1, 0.15) is 45.7 Å².